The molecule has 0 bridgehead atoms. The summed E-state index contributed by atoms with van der Waals surface area (Å²) in [6.45, 7) is 4.24. The second kappa shape index (κ2) is 5.86. The van der Waals surface area contributed by atoms with Crippen LogP contribution in [0.3, 0.4) is 0 Å². The van der Waals surface area contributed by atoms with Crippen LogP contribution >= 0.6 is 23.1 Å². The number of carboxylic acids is 1. The largest absolute Gasteiger partial charge is 0.480 e. The SMILES string of the molecule is CCC1=C(c2ccc(C)s2)N(CC(=O)O)C2Sc3ccccc3N12. The van der Waals surface area contributed by atoms with Crippen LogP contribution in [-0.4, -0.2) is 28.0 Å². The van der Waals surface area contributed by atoms with Gasteiger partial charge in [0, 0.05) is 15.5 Å². The predicted octanol–water partition coefficient (Wildman–Crippen LogP) is 4.43. The lowest BCUT2D eigenvalue weighted by Gasteiger charge is -2.27. The maximum Gasteiger partial charge on any atom is 0.323 e. The molecule has 124 valence electrons. The van der Waals surface area contributed by atoms with E-state index >= 15 is 0 Å². The zero-order valence-electron chi connectivity index (χ0n) is 13.5. The number of thiophene rings is 1. The molecule has 2 aromatic rings. The highest BCUT2D eigenvalue weighted by atomic mass is 32.2. The number of aliphatic carboxylic acids is 1. The van der Waals surface area contributed by atoms with E-state index in [9.17, 15) is 9.90 Å². The maximum absolute atomic E-state index is 11.5. The molecule has 1 aromatic carbocycles. The number of para-hydroxylation sites is 1. The molecule has 6 heteroatoms. The topological polar surface area (TPSA) is 43.8 Å². The first kappa shape index (κ1) is 15.6. The van der Waals surface area contributed by atoms with Crippen molar-refractivity contribution in [1.82, 2.24) is 4.90 Å². The summed E-state index contributed by atoms with van der Waals surface area (Å²) in [5.74, 6) is -0.797. The van der Waals surface area contributed by atoms with Crippen LogP contribution in [0.2, 0.25) is 0 Å². The normalized spacial score (nSPS) is 19.0. The van der Waals surface area contributed by atoms with E-state index in [1.165, 1.54) is 21.2 Å². The van der Waals surface area contributed by atoms with Crippen LogP contribution in [0.5, 0.6) is 0 Å². The fraction of sp³-hybridized carbons (Fsp3) is 0.278. The van der Waals surface area contributed by atoms with E-state index in [2.05, 4.69) is 43.0 Å². The summed E-state index contributed by atoms with van der Waals surface area (Å²) >= 11 is 3.46. The lowest BCUT2D eigenvalue weighted by Crippen LogP contribution is -2.37. The van der Waals surface area contributed by atoms with Gasteiger partial charge in [0.15, 0.2) is 5.50 Å². The summed E-state index contributed by atoms with van der Waals surface area (Å²) in [4.78, 5) is 19.5. The molecule has 0 saturated heterocycles. The van der Waals surface area contributed by atoms with Gasteiger partial charge in [0.05, 0.1) is 16.3 Å². The number of rotatable bonds is 4. The molecule has 1 atom stereocenters. The molecule has 0 radical (unpaired) electrons. The first-order valence-electron chi connectivity index (χ1n) is 7.93. The lowest BCUT2D eigenvalue weighted by molar-refractivity contribution is -0.137. The van der Waals surface area contributed by atoms with E-state index in [-0.39, 0.29) is 12.0 Å². The molecule has 1 unspecified atom stereocenters. The number of hydrogen-bond donors (Lipinski definition) is 1. The third-order valence-electron chi connectivity index (χ3n) is 4.31. The van der Waals surface area contributed by atoms with E-state index in [0.717, 1.165) is 17.0 Å². The van der Waals surface area contributed by atoms with Crippen LogP contribution in [0.4, 0.5) is 5.69 Å². The van der Waals surface area contributed by atoms with E-state index in [1.807, 2.05) is 17.0 Å². The number of aryl methyl sites for hydroxylation is 1. The summed E-state index contributed by atoms with van der Waals surface area (Å²) < 4.78 is 0. The summed E-state index contributed by atoms with van der Waals surface area (Å²) in [6, 6.07) is 12.5. The quantitative estimate of drug-likeness (QED) is 0.876. The van der Waals surface area contributed by atoms with Crippen LogP contribution in [0, 0.1) is 6.92 Å². The van der Waals surface area contributed by atoms with Crippen LogP contribution in [0.15, 0.2) is 47.0 Å². The average molecular weight is 358 g/mol. The van der Waals surface area contributed by atoms with Crippen molar-refractivity contribution in [3.8, 4) is 0 Å². The Morgan fingerprint density at radius 1 is 1.25 bits per heavy atom. The Kier molecular flexibility index (Phi) is 3.81. The van der Waals surface area contributed by atoms with E-state index in [4.69, 9.17) is 0 Å². The Hall–Kier alpha value is -1.92. The van der Waals surface area contributed by atoms with Gasteiger partial charge >= 0.3 is 5.97 Å². The zero-order chi connectivity index (χ0) is 16.8. The van der Waals surface area contributed by atoms with Crippen molar-refractivity contribution in [2.24, 2.45) is 0 Å². The lowest BCUT2D eigenvalue weighted by atomic mass is 10.2. The number of benzene rings is 1. The van der Waals surface area contributed by atoms with Crippen LogP contribution < -0.4 is 4.90 Å². The van der Waals surface area contributed by atoms with Gasteiger partial charge in [-0.25, -0.2) is 0 Å². The third-order valence-corrected chi connectivity index (χ3v) is 6.59. The second-order valence-corrected chi connectivity index (χ2v) is 8.25. The van der Waals surface area contributed by atoms with Gasteiger partial charge in [-0.1, -0.05) is 30.8 Å². The standard InChI is InChI=1S/C18H18N2O2S2/c1-3-12-17(15-9-8-11(2)23-15)19(10-16(21)22)18-20(12)13-6-4-5-7-14(13)24-18/h4-9,18H,3,10H2,1-2H3,(H,21,22). The molecule has 1 aromatic heterocycles. The molecular weight excluding hydrogens is 340 g/mol. The highest BCUT2D eigenvalue weighted by molar-refractivity contribution is 8.00. The van der Waals surface area contributed by atoms with Gasteiger partial charge in [0.1, 0.15) is 6.54 Å². The van der Waals surface area contributed by atoms with Gasteiger partial charge in [-0.2, -0.15) is 0 Å². The Bertz CT molecular complexity index is 843. The Morgan fingerprint density at radius 2 is 2.04 bits per heavy atom. The molecule has 24 heavy (non-hydrogen) atoms. The smallest absolute Gasteiger partial charge is 0.323 e. The number of carboxylic acid groups (broad SMARTS) is 1. The minimum Gasteiger partial charge on any atom is -0.480 e. The summed E-state index contributed by atoms with van der Waals surface area (Å²) in [6.07, 6.45) is 0.869. The Labute approximate surface area is 149 Å². The Balaban J connectivity index is 1.88. The van der Waals surface area contributed by atoms with Crippen LogP contribution in [0.1, 0.15) is 23.1 Å². The number of carbonyl (C=O) groups is 1. The number of hydrogen-bond acceptors (Lipinski definition) is 5. The number of nitrogens with zero attached hydrogens (tertiary/aromatic N) is 2. The summed E-state index contributed by atoms with van der Waals surface area (Å²) in [5.41, 5.74) is 3.46. The zero-order valence-corrected chi connectivity index (χ0v) is 15.2. The van der Waals surface area contributed by atoms with Crippen molar-refractivity contribution in [3.05, 3.63) is 51.8 Å². The molecule has 0 saturated carbocycles. The second-order valence-electron chi connectivity index (χ2n) is 5.86. The summed E-state index contributed by atoms with van der Waals surface area (Å²) in [7, 11) is 0. The molecule has 2 aliphatic rings. The molecular formula is C18H18N2O2S2. The molecule has 0 amide bonds. The Morgan fingerprint density at radius 3 is 2.71 bits per heavy atom. The summed E-state index contributed by atoms with van der Waals surface area (Å²) in [5, 5.41) is 9.45. The van der Waals surface area contributed by atoms with E-state index in [1.54, 1.807) is 23.1 Å². The third kappa shape index (κ3) is 2.32. The maximum atomic E-state index is 11.5. The van der Waals surface area contributed by atoms with Crippen molar-refractivity contribution in [1.29, 1.82) is 0 Å². The van der Waals surface area contributed by atoms with Crippen LogP contribution in [0.25, 0.3) is 5.70 Å². The minimum atomic E-state index is -0.797. The molecule has 2 aliphatic heterocycles. The van der Waals surface area contributed by atoms with E-state index in [0.29, 0.717) is 0 Å². The molecule has 0 aliphatic carbocycles. The first-order valence-corrected chi connectivity index (χ1v) is 9.63. The van der Waals surface area contributed by atoms with Gasteiger partial charge in [-0.05, 0) is 37.6 Å². The molecule has 4 nitrogen and oxygen atoms in total. The predicted molar refractivity (Wildman–Crippen MR) is 99.2 cm³/mol. The minimum absolute atomic E-state index is 0.00847. The number of fused-ring (bicyclic) bond motifs is 3. The number of anilines is 1. The highest BCUT2D eigenvalue weighted by Gasteiger charge is 2.45. The van der Waals surface area contributed by atoms with E-state index < -0.39 is 5.97 Å². The van der Waals surface area contributed by atoms with Gasteiger partial charge < -0.3 is 14.9 Å². The molecule has 1 N–H and O–H groups in total. The fourth-order valence-electron chi connectivity index (χ4n) is 3.40. The van der Waals surface area contributed by atoms with Crippen molar-refractivity contribution in [3.63, 3.8) is 0 Å². The molecule has 4 rings (SSSR count). The van der Waals surface area contributed by atoms with Gasteiger partial charge in [-0.3, -0.25) is 4.79 Å². The van der Waals surface area contributed by atoms with Crippen molar-refractivity contribution < 1.29 is 9.90 Å². The van der Waals surface area contributed by atoms with Gasteiger partial charge in [0.25, 0.3) is 0 Å². The first-order chi connectivity index (χ1) is 11.6. The monoisotopic (exact) mass is 358 g/mol. The molecule has 3 heterocycles. The molecule has 0 fully saturated rings. The van der Waals surface area contributed by atoms with Gasteiger partial charge in [-0.15, -0.1) is 11.3 Å². The molecule has 0 spiro atoms. The average Bonchev–Trinajstić information content (AvgIpc) is 3.20. The fourth-order valence-corrected chi connectivity index (χ4v) is 5.67. The number of allylic oxidation sites excluding steroid dienone is 1. The number of thioether (sulfide) groups is 1. The highest BCUT2D eigenvalue weighted by Crippen LogP contribution is 2.54. The van der Waals surface area contributed by atoms with Crippen LogP contribution in [-0.2, 0) is 4.79 Å². The van der Waals surface area contributed by atoms with Crippen molar-refractivity contribution in [2.75, 3.05) is 11.4 Å². The van der Waals surface area contributed by atoms with Crippen molar-refractivity contribution in [2.45, 2.75) is 30.7 Å². The van der Waals surface area contributed by atoms with Gasteiger partial charge in [0.2, 0.25) is 0 Å². The van der Waals surface area contributed by atoms with Crippen molar-refractivity contribution >= 4 is 40.5 Å².